The van der Waals surface area contributed by atoms with E-state index in [2.05, 4.69) is 35.3 Å². The van der Waals surface area contributed by atoms with Gasteiger partial charge in [0.05, 0.1) is 0 Å². The van der Waals surface area contributed by atoms with Crippen LogP contribution in [-0.2, 0) is 6.54 Å². The third-order valence-electron chi connectivity index (χ3n) is 2.58. The van der Waals surface area contributed by atoms with Gasteiger partial charge in [-0.3, -0.25) is 0 Å². The van der Waals surface area contributed by atoms with E-state index in [1.165, 1.54) is 17.1 Å². The predicted molar refractivity (Wildman–Crippen MR) is 80.4 cm³/mol. The molecule has 0 aliphatic heterocycles. The quantitative estimate of drug-likeness (QED) is 0.700. The van der Waals surface area contributed by atoms with Crippen molar-refractivity contribution in [3.63, 3.8) is 0 Å². The van der Waals surface area contributed by atoms with Crippen LogP contribution in [0.15, 0.2) is 6.20 Å². The molecule has 5 heteroatoms. The van der Waals surface area contributed by atoms with E-state index in [0.717, 1.165) is 31.3 Å². The van der Waals surface area contributed by atoms with Crippen LogP contribution < -0.4 is 10.2 Å². The molecular formula is C12H23N3S2. The summed E-state index contributed by atoms with van der Waals surface area (Å²) in [5.41, 5.74) is 0. The maximum atomic E-state index is 4.47. The molecule has 0 radical (unpaired) electrons. The molecule has 0 aliphatic rings. The van der Waals surface area contributed by atoms with E-state index in [4.69, 9.17) is 0 Å². The lowest BCUT2D eigenvalue weighted by molar-refractivity contribution is 0.684. The molecule has 0 fully saturated rings. The third kappa shape index (κ3) is 5.27. The molecule has 1 N–H and O–H groups in total. The number of aromatic nitrogens is 1. The Morgan fingerprint density at radius 3 is 2.82 bits per heavy atom. The zero-order valence-electron chi connectivity index (χ0n) is 11.0. The van der Waals surface area contributed by atoms with E-state index in [0.29, 0.717) is 0 Å². The van der Waals surface area contributed by atoms with Crippen molar-refractivity contribution in [1.82, 2.24) is 10.3 Å². The van der Waals surface area contributed by atoms with Crippen molar-refractivity contribution in [3.8, 4) is 0 Å². The van der Waals surface area contributed by atoms with Gasteiger partial charge in [-0.05, 0) is 38.8 Å². The number of anilines is 1. The maximum Gasteiger partial charge on any atom is 0.185 e. The van der Waals surface area contributed by atoms with E-state index < -0.39 is 0 Å². The SMILES string of the molecule is CCN(CC)c1ncc(CNCCCSC)s1. The molecule has 0 aromatic carbocycles. The van der Waals surface area contributed by atoms with Crippen LogP contribution in [0.1, 0.15) is 25.1 Å². The summed E-state index contributed by atoms with van der Waals surface area (Å²) in [4.78, 5) is 8.10. The van der Waals surface area contributed by atoms with Crippen LogP contribution in [0.5, 0.6) is 0 Å². The minimum absolute atomic E-state index is 0.952. The van der Waals surface area contributed by atoms with Crippen LogP contribution in [-0.4, -0.2) is 36.6 Å². The van der Waals surface area contributed by atoms with Gasteiger partial charge in [0.2, 0.25) is 0 Å². The number of rotatable bonds is 9. The van der Waals surface area contributed by atoms with Crippen LogP contribution in [0, 0.1) is 0 Å². The van der Waals surface area contributed by atoms with Gasteiger partial charge in [-0.15, -0.1) is 11.3 Å². The van der Waals surface area contributed by atoms with Crippen LogP contribution in [0.3, 0.4) is 0 Å². The van der Waals surface area contributed by atoms with Crippen molar-refractivity contribution in [1.29, 1.82) is 0 Å². The molecule has 1 rings (SSSR count). The van der Waals surface area contributed by atoms with Crippen molar-refractivity contribution < 1.29 is 0 Å². The van der Waals surface area contributed by atoms with Crippen LogP contribution in [0.4, 0.5) is 5.13 Å². The van der Waals surface area contributed by atoms with Crippen molar-refractivity contribution >= 4 is 28.2 Å². The van der Waals surface area contributed by atoms with Gasteiger partial charge >= 0.3 is 0 Å². The normalized spacial score (nSPS) is 10.8. The minimum atomic E-state index is 0.952. The summed E-state index contributed by atoms with van der Waals surface area (Å²) in [6, 6.07) is 0. The lowest BCUT2D eigenvalue weighted by Gasteiger charge is -2.16. The third-order valence-corrected chi connectivity index (χ3v) is 4.33. The Morgan fingerprint density at radius 1 is 1.41 bits per heavy atom. The van der Waals surface area contributed by atoms with Crippen LogP contribution in [0.2, 0.25) is 0 Å². The van der Waals surface area contributed by atoms with Crippen molar-refractivity contribution in [2.75, 3.05) is 36.5 Å². The number of nitrogens with zero attached hydrogens (tertiary/aromatic N) is 2. The first kappa shape index (κ1) is 14.8. The highest BCUT2D eigenvalue weighted by atomic mass is 32.2. The Bertz CT molecular complexity index is 298. The van der Waals surface area contributed by atoms with Gasteiger partial charge in [-0.25, -0.2) is 4.98 Å². The zero-order valence-corrected chi connectivity index (χ0v) is 12.7. The number of hydrogen-bond donors (Lipinski definition) is 1. The lowest BCUT2D eigenvalue weighted by Crippen LogP contribution is -2.21. The molecule has 0 amide bonds. The fourth-order valence-electron chi connectivity index (χ4n) is 1.57. The Kier molecular flexibility index (Phi) is 7.64. The van der Waals surface area contributed by atoms with E-state index in [1.807, 2.05) is 18.0 Å². The van der Waals surface area contributed by atoms with E-state index in [1.54, 1.807) is 11.3 Å². The summed E-state index contributed by atoms with van der Waals surface area (Å²) in [5, 5.41) is 4.61. The highest BCUT2D eigenvalue weighted by molar-refractivity contribution is 7.98. The average molecular weight is 273 g/mol. The maximum absolute atomic E-state index is 4.47. The molecule has 0 spiro atoms. The smallest absolute Gasteiger partial charge is 0.185 e. The van der Waals surface area contributed by atoms with Crippen molar-refractivity contribution in [3.05, 3.63) is 11.1 Å². The number of thiazole rings is 1. The average Bonchev–Trinajstić information content (AvgIpc) is 2.79. The summed E-state index contributed by atoms with van der Waals surface area (Å²) in [6.07, 6.45) is 5.39. The second-order valence-corrected chi connectivity index (χ2v) is 5.88. The lowest BCUT2D eigenvalue weighted by atomic mass is 10.4. The second-order valence-electron chi connectivity index (χ2n) is 3.80. The standard InChI is InChI=1S/C12H23N3S2/c1-4-15(5-2)12-14-10-11(17-12)9-13-7-6-8-16-3/h10,13H,4-9H2,1-3H3. The van der Waals surface area contributed by atoms with Crippen molar-refractivity contribution in [2.24, 2.45) is 0 Å². The Labute approximate surface area is 113 Å². The Balaban J connectivity index is 2.30. The van der Waals surface area contributed by atoms with Gasteiger partial charge in [0, 0.05) is 30.7 Å². The molecule has 0 atom stereocenters. The summed E-state index contributed by atoms with van der Waals surface area (Å²) in [7, 11) is 0. The minimum Gasteiger partial charge on any atom is -0.349 e. The van der Waals surface area contributed by atoms with Gasteiger partial charge in [-0.2, -0.15) is 11.8 Å². The van der Waals surface area contributed by atoms with Gasteiger partial charge in [0.1, 0.15) is 0 Å². The molecule has 98 valence electrons. The fraction of sp³-hybridized carbons (Fsp3) is 0.750. The number of thioether (sulfide) groups is 1. The molecule has 0 unspecified atom stereocenters. The van der Waals surface area contributed by atoms with Crippen LogP contribution >= 0.6 is 23.1 Å². The molecule has 3 nitrogen and oxygen atoms in total. The molecule has 1 aromatic heterocycles. The van der Waals surface area contributed by atoms with Gasteiger partial charge in [0.15, 0.2) is 5.13 Å². The summed E-state index contributed by atoms with van der Waals surface area (Å²) < 4.78 is 0. The Hall–Kier alpha value is -0.260. The monoisotopic (exact) mass is 273 g/mol. The number of hydrogen-bond acceptors (Lipinski definition) is 5. The largest absolute Gasteiger partial charge is 0.349 e. The molecular weight excluding hydrogens is 250 g/mol. The summed E-state index contributed by atoms with van der Waals surface area (Å²) in [5.74, 6) is 1.24. The highest BCUT2D eigenvalue weighted by Gasteiger charge is 2.06. The molecule has 0 bridgehead atoms. The van der Waals surface area contributed by atoms with E-state index in [-0.39, 0.29) is 0 Å². The Morgan fingerprint density at radius 2 is 2.18 bits per heavy atom. The molecule has 1 aromatic rings. The molecule has 0 saturated heterocycles. The van der Waals surface area contributed by atoms with E-state index in [9.17, 15) is 0 Å². The first-order chi connectivity index (χ1) is 8.31. The topological polar surface area (TPSA) is 28.2 Å². The highest BCUT2D eigenvalue weighted by Crippen LogP contribution is 2.21. The number of nitrogens with one attached hydrogen (secondary N) is 1. The second kappa shape index (κ2) is 8.78. The zero-order chi connectivity index (χ0) is 12.5. The predicted octanol–water partition coefficient (Wildman–Crippen LogP) is 2.83. The molecule has 1 heterocycles. The van der Waals surface area contributed by atoms with Crippen LogP contribution in [0.25, 0.3) is 0 Å². The summed E-state index contributed by atoms with van der Waals surface area (Å²) >= 11 is 3.71. The van der Waals surface area contributed by atoms with Gasteiger partial charge in [-0.1, -0.05) is 0 Å². The first-order valence-electron chi connectivity index (χ1n) is 6.21. The van der Waals surface area contributed by atoms with Gasteiger partial charge in [0.25, 0.3) is 0 Å². The van der Waals surface area contributed by atoms with E-state index >= 15 is 0 Å². The first-order valence-corrected chi connectivity index (χ1v) is 8.42. The van der Waals surface area contributed by atoms with Gasteiger partial charge < -0.3 is 10.2 Å². The fourth-order valence-corrected chi connectivity index (χ4v) is 3.01. The summed E-state index contributed by atoms with van der Waals surface area (Å²) in [6.45, 7) is 8.46. The molecule has 0 aliphatic carbocycles. The molecule has 17 heavy (non-hydrogen) atoms. The molecule has 0 saturated carbocycles. The van der Waals surface area contributed by atoms with Crippen molar-refractivity contribution in [2.45, 2.75) is 26.8 Å².